The maximum Gasteiger partial charge on any atom is 0.433 e. The first-order valence-electron chi connectivity index (χ1n) is 24.2. The molecule has 1 spiro atoms. The number of fused-ring (bicyclic) bond motifs is 2. The summed E-state index contributed by atoms with van der Waals surface area (Å²) >= 11 is 0. The number of rotatable bonds is 12. The molecule has 4 aromatic rings. The molecule has 5 fully saturated rings. The molecule has 6 aliphatic rings. The number of anilines is 3. The van der Waals surface area contributed by atoms with Crippen LogP contribution in [-0.2, 0) is 15.8 Å². The van der Waals surface area contributed by atoms with Gasteiger partial charge in [0.2, 0.25) is 11.8 Å². The number of aromatic nitrogens is 2. The predicted molar refractivity (Wildman–Crippen MR) is 245 cm³/mol. The van der Waals surface area contributed by atoms with E-state index in [-0.39, 0.29) is 42.5 Å². The number of hydrogen-bond donors (Lipinski definition) is 4. The van der Waals surface area contributed by atoms with Crippen molar-refractivity contribution in [3.05, 3.63) is 76.9 Å². The topological polar surface area (TPSA) is 190 Å². The smallest absolute Gasteiger partial charge is 0.433 e. The van der Waals surface area contributed by atoms with Crippen molar-refractivity contribution in [3.63, 3.8) is 0 Å². The summed E-state index contributed by atoms with van der Waals surface area (Å²) in [5.74, 6) is -0.623. The number of carbonyl (C=O) groups is 5. The Bertz CT molecular complexity index is 2600. The van der Waals surface area contributed by atoms with Gasteiger partial charge in [0.25, 0.3) is 17.7 Å². The fourth-order valence-corrected chi connectivity index (χ4v) is 11.8. The third kappa shape index (κ3) is 9.20. The van der Waals surface area contributed by atoms with E-state index < -0.39 is 47.4 Å². The van der Waals surface area contributed by atoms with Crippen LogP contribution in [0.25, 0.3) is 11.1 Å². The Kier molecular flexibility index (Phi) is 12.5. The number of alkyl halides is 3. The van der Waals surface area contributed by atoms with Gasteiger partial charge in [-0.25, -0.2) is 9.97 Å². The number of aliphatic hydroxyl groups excluding tert-OH is 1. The number of piperidine rings is 3. The molecule has 360 valence electrons. The Morgan fingerprint density at radius 2 is 1.60 bits per heavy atom. The summed E-state index contributed by atoms with van der Waals surface area (Å²) in [7, 11) is 0. The van der Waals surface area contributed by atoms with E-state index in [2.05, 4.69) is 30.7 Å². The Hall–Kier alpha value is -5.88. The van der Waals surface area contributed by atoms with Crippen molar-refractivity contribution in [2.45, 2.75) is 102 Å². The maximum absolute atomic E-state index is 13.5. The minimum Gasteiger partial charge on any atom is -0.440 e. The number of aliphatic hydroxyl groups is 1. The molecule has 2 aliphatic carbocycles. The largest absolute Gasteiger partial charge is 0.440 e. The summed E-state index contributed by atoms with van der Waals surface area (Å²) in [5, 5.41) is 18.2. The van der Waals surface area contributed by atoms with E-state index in [0.717, 1.165) is 75.5 Å². The average Bonchev–Trinajstić information content (AvgIpc) is 3.86. The standard InChI is InChI=1S/C50H57F3N8O7/c51-50(52,53)41-6-2-5-35(55-41)44(64)56-36-24-40-37(23-39(36)60-19-14-30(28-62)15-20-60)57-46(68-40)32-9-7-29(8-10-32)27-59-21-16-49(17-22-59)25-31(26-49)13-18-54-34-4-1-3-33-43(34)48(67)61(47(33)66)38-11-12-42(63)58-45(38)65/h1-6,23-24,29-32,38,54,62H,7-22,25-28H2,(H,56,64)(H,58,63,65). The molecule has 6 heterocycles. The molecule has 15 nitrogen and oxygen atoms in total. The van der Waals surface area contributed by atoms with Gasteiger partial charge in [0.05, 0.1) is 22.5 Å². The number of carbonyl (C=O) groups excluding carboxylic acids is 5. The molecule has 0 radical (unpaired) electrons. The lowest BCUT2D eigenvalue weighted by molar-refractivity contribution is -0.141. The first kappa shape index (κ1) is 45.9. The Labute approximate surface area is 391 Å². The molecule has 1 unspecified atom stereocenters. The lowest BCUT2D eigenvalue weighted by atomic mass is 9.57. The van der Waals surface area contributed by atoms with Crippen LogP contribution in [0.2, 0.25) is 0 Å². The molecule has 0 bridgehead atoms. The van der Waals surface area contributed by atoms with Gasteiger partial charge in [0.15, 0.2) is 11.5 Å². The monoisotopic (exact) mass is 938 g/mol. The first-order valence-corrected chi connectivity index (χ1v) is 24.2. The summed E-state index contributed by atoms with van der Waals surface area (Å²) in [6.45, 7) is 5.31. The van der Waals surface area contributed by atoms with Crippen molar-refractivity contribution in [2.75, 3.05) is 61.4 Å². The molecule has 18 heteroatoms. The summed E-state index contributed by atoms with van der Waals surface area (Å²) in [4.78, 5) is 78.5. The van der Waals surface area contributed by atoms with Crippen molar-refractivity contribution < 1.29 is 46.7 Å². The number of amides is 5. The second-order valence-corrected chi connectivity index (χ2v) is 20.0. The van der Waals surface area contributed by atoms with Gasteiger partial charge in [-0.2, -0.15) is 13.2 Å². The summed E-state index contributed by atoms with van der Waals surface area (Å²) in [6, 6.07) is 11.0. The average molecular weight is 939 g/mol. The number of pyridine rings is 1. The van der Waals surface area contributed by atoms with E-state index in [0.29, 0.717) is 76.5 Å². The second-order valence-electron chi connectivity index (χ2n) is 20.0. The van der Waals surface area contributed by atoms with Gasteiger partial charge >= 0.3 is 6.18 Å². The van der Waals surface area contributed by atoms with Gasteiger partial charge in [-0.3, -0.25) is 34.2 Å². The lowest BCUT2D eigenvalue weighted by Crippen LogP contribution is -2.54. The van der Waals surface area contributed by atoms with Crippen molar-refractivity contribution >= 4 is 57.7 Å². The number of benzene rings is 2. The second kappa shape index (κ2) is 18.6. The molecule has 10 rings (SSSR count). The number of oxazole rings is 1. The number of halogens is 3. The molecule has 1 atom stereocenters. The van der Waals surface area contributed by atoms with E-state index in [1.54, 1.807) is 24.3 Å². The van der Waals surface area contributed by atoms with Crippen LogP contribution >= 0.6 is 0 Å². The molecular formula is C50H57F3N8O7. The Morgan fingerprint density at radius 1 is 0.853 bits per heavy atom. The van der Waals surface area contributed by atoms with E-state index in [4.69, 9.17) is 9.40 Å². The van der Waals surface area contributed by atoms with Crippen LogP contribution in [0.3, 0.4) is 0 Å². The third-order valence-electron chi connectivity index (χ3n) is 15.7. The summed E-state index contributed by atoms with van der Waals surface area (Å²) < 4.78 is 46.6. The van der Waals surface area contributed by atoms with E-state index >= 15 is 0 Å². The molecule has 2 aromatic heterocycles. The van der Waals surface area contributed by atoms with Crippen molar-refractivity contribution in [1.29, 1.82) is 0 Å². The third-order valence-corrected chi connectivity index (χ3v) is 15.7. The zero-order valence-electron chi connectivity index (χ0n) is 37.9. The molecule has 3 saturated heterocycles. The molecule has 4 aliphatic heterocycles. The Morgan fingerprint density at radius 3 is 2.32 bits per heavy atom. The summed E-state index contributed by atoms with van der Waals surface area (Å²) in [5.41, 5.74) is 2.31. The highest BCUT2D eigenvalue weighted by Gasteiger charge is 2.47. The zero-order valence-corrected chi connectivity index (χ0v) is 37.9. The fourth-order valence-electron chi connectivity index (χ4n) is 11.8. The quantitative estimate of drug-likeness (QED) is 0.103. The molecule has 4 N–H and O–H groups in total. The normalized spacial score (nSPS) is 23.8. The van der Waals surface area contributed by atoms with Crippen molar-refractivity contribution in [1.82, 2.24) is 25.1 Å². The number of nitrogens with one attached hydrogen (secondary N) is 3. The van der Waals surface area contributed by atoms with Crippen molar-refractivity contribution in [3.8, 4) is 0 Å². The van der Waals surface area contributed by atoms with E-state index in [1.807, 2.05) is 6.07 Å². The maximum atomic E-state index is 13.5. The van der Waals surface area contributed by atoms with Crippen LogP contribution in [0.1, 0.15) is 132 Å². The molecule has 2 aromatic carbocycles. The highest BCUT2D eigenvalue weighted by molar-refractivity contribution is 6.25. The van der Waals surface area contributed by atoms with Crippen LogP contribution in [0.4, 0.5) is 30.2 Å². The highest BCUT2D eigenvalue weighted by Crippen LogP contribution is 2.54. The number of imide groups is 2. The summed E-state index contributed by atoms with van der Waals surface area (Å²) in [6.07, 6.45) is 6.78. The fraction of sp³-hybridized carbons (Fsp3) is 0.540. The SMILES string of the molecule is O=C1CCC(N2C(=O)c3cccc(NCCC4CC5(CCN(CC6CCC(c7nc8cc(N9CCC(CO)CC9)c(NC(=O)c9cccc(C(F)(F)F)n9)cc8o7)CC6)CC5)C4)c3C2=O)C(=O)N1. The van der Waals surface area contributed by atoms with Gasteiger partial charge in [-0.1, -0.05) is 12.1 Å². The van der Waals surface area contributed by atoms with Gasteiger partial charge in [-0.15, -0.1) is 0 Å². The van der Waals surface area contributed by atoms with E-state index in [1.165, 1.54) is 37.8 Å². The molecular weight excluding hydrogens is 882 g/mol. The van der Waals surface area contributed by atoms with Gasteiger partial charge in [0, 0.05) is 56.9 Å². The minimum absolute atomic E-state index is 0.0778. The molecule has 5 amide bonds. The van der Waals surface area contributed by atoms with Crippen LogP contribution in [0, 0.1) is 23.2 Å². The van der Waals surface area contributed by atoms with Gasteiger partial charge < -0.3 is 30.0 Å². The minimum atomic E-state index is -4.69. The molecule has 68 heavy (non-hydrogen) atoms. The highest BCUT2D eigenvalue weighted by atomic mass is 19.4. The molecule has 2 saturated carbocycles. The van der Waals surface area contributed by atoms with Crippen LogP contribution in [0.15, 0.2) is 52.9 Å². The predicted octanol–water partition coefficient (Wildman–Crippen LogP) is 7.37. The van der Waals surface area contributed by atoms with E-state index in [9.17, 15) is 42.3 Å². The number of nitrogens with zero attached hydrogens (tertiary/aromatic N) is 5. The number of likely N-dealkylation sites (tertiary alicyclic amines) is 1. The van der Waals surface area contributed by atoms with Gasteiger partial charge in [-0.05, 0) is 144 Å². The Balaban J connectivity index is 0.697. The lowest BCUT2D eigenvalue weighted by Gasteiger charge is -2.53. The van der Waals surface area contributed by atoms with Gasteiger partial charge in [0.1, 0.15) is 22.9 Å². The van der Waals surface area contributed by atoms with Crippen molar-refractivity contribution in [2.24, 2.45) is 23.2 Å². The first-order chi connectivity index (χ1) is 32.7. The van der Waals surface area contributed by atoms with Crippen LogP contribution in [0.5, 0.6) is 0 Å². The van der Waals surface area contributed by atoms with Crippen LogP contribution < -0.4 is 20.9 Å². The van der Waals surface area contributed by atoms with Crippen LogP contribution in [-0.4, -0.2) is 106 Å². The zero-order chi connectivity index (χ0) is 47.3. The number of hydrogen-bond acceptors (Lipinski definition) is 12.